The van der Waals surface area contributed by atoms with Gasteiger partial charge >= 0.3 is 10.1 Å². The molecule has 23 heavy (non-hydrogen) atoms. The maximum Gasteiger partial charge on any atom is 0.313 e. The van der Waals surface area contributed by atoms with Gasteiger partial charge in [-0.2, -0.15) is 8.42 Å². The minimum atomic E-state index is -3.74. The molecule has 6 heteroatoms. The molecule has 0 fully saturated rings. The standard InChI is InChI=1S/C17H17ClO4S/c1-17(2)11-21-16-8-7-14(9-15(16)17)22-23(19,20)10-12-3-5-13(18)6-4-12/h3-9H,10-11H2,1-2H3. The number of benzene rings is 2. The van der Waals surface area contributed by atoms with Crippen LogP contribution in [0.25, 0.3) is 0 Å². The summed E-state index contributed by atoms with van der Waals surface area (Å²) in [7, 11) is -3.74. The fraction of sp³-hybridized carbons (Fsp3) is 0.294. The van der Waals surface area contributed by atoms with Crippen molar-refractivity contribution in [3.05, 3.63) is 58.6 Å². The van der Waals surface area contributed by atoms with Crippen molar-refractivity contribution >= 4 is 21.7 Å². The third kappa shape index (κ3) is 3.62. The zero-order chi connectivity index (χ0) is 16.7. The van der Waals surface area contributed by atoms with Gasteiger partial charge in [0.1, 0.15) is 17.3 Å². The van der Waals surface area contributed by atoms with Crippen LogP contribution < -0.4 is 8.92 Å². The van der Waals surface area contributed by atoms with Gasteiger partial charge in [-0.1, -0.05) is 37.6 Å². The molecule has 2 aromatic carbocycles. The van der Waals surface area contributed by atoms with Crippen molar-refractivity contribution in [1.82, 2.24) is 0 Å². The van der Waals surface area contributed by atoms with Crippen molar-refractivity contribution in [2.75, 3.05) is 6.61 Å². The van der Waals surface area contributed by atoms with Gasteiger partial charge in [0.25, 0.3) is 0 Å². The van der Waals surface area contributed by atoms with Crippen LogP contribution >= 0.6 is 11.6 Å². The summed E-state index contributed by atoms with van der Waals surface area (Å²) < 4.78 is 35.3. The van der Waals surface area contributed by atoms with E-state index in [-0.39, 0.29) is 11.2 Å². The summed E-state index contributed by atoms with van der Waals surface area (Å²) in [5.74, 6) is 0.870. The number of fused-ring (bicyclic) bond motifs is 1. The average molecular weight is 353 g/mol. The molecular weight excluding hydrogens is 336 g/mol. The highest BCUT2D eigenvalue weighted by molar-refractivity contribution is 7.86. The Morgan fingerprint density at radius 3 is 2.57 bits per heavy atom. The lowest BCUT2D eigenvalue weighted by Crippen LogP contribution is -2.18. The zero-order valence-corrected chi connectivity index (χ0v) is 14.4. The normalized spacial score (nSPS) is 15.8. The molecule has 0 aliphatic carbocycles. The van der Waals surface area contributed by atoms with Gasteiger partial charge in [-0.25, -0.2) is 0 Å². The lowest BCUT2D eigenvalue weighted by molar-refractivity contribution is 0.291. The Labute approximate surface area is 141 Å². The van der Waals surface area contributed by atoms with Crippen molar-refractivity contribution in [1.29, 1.82) is 0 Å². The summed E-state index contributed by atoms with van der Waals surface area (Å²) in [5, 5.41) is 0.563. The summed E-state index contributed by atoms with van der Waals surface area (Å²) in [6, 6.07) is 11.7. The largest absolute Gasteiger partial charge is 0.492 e. The van der Waals surface area contributed by atoms with Gasteiger partial charge in [-0.05, 0) is 35.9 Å². The number of hydrogen-bond acceptors (Lipinski definition) is 4. The first kappa shape index (κ1) is 16.1. The molecule has 0 atom stereocenters. The second-order valence-electron chi connectivity index (χ2n) is 6.24. The maximum absolute atomic E-state index is 12.2. The average Bonchev–Trinajstić information content (AvgIpc) is 2.76. The topological polar surface area (TPSA) is 52.6 Å². The van der Waals surface area contributed by atoms with E-state index in [2.05, 4.69) is 0 Å². The number of rotatable bonds is 4. The predicted molar refractivity (Wildman–Crippen MR) is 89.7 cm³/mol. The second kappa shape index (κ2) is 5.73. The first-order chi connectivity index (χ1) is 10.8. The van der Waals surface area contributed by atoms with Crippen LogP contribution in [0, 0.1) is 0 Å². The van der Waals surface area contributed by atoms with Crippen molar-refractivity contribution < 1.29 is 17.3 Å². The SMILES string of the molecule is CC1(C)COc2ccc(OS(=O)(=O)Cc3ccc(Cl)cc3)cc21. The Balaban J connectivity index is 1.80. The molecule has 1 aliphatic rings. The molecule has 0 unspecified atom stereocenters. The first-order valence-electron chi connectivity index (χ1n) is 7.19. The minimum Gasteiger partial charge on any atom is -0.492 e. The Hall–Kier alpha value is -1.72. The van der Waals surface area contributed by atoms with Gasteiger partial charge in [0.2, 0.25) is 0 Å². The van der Waals surface area contributed by atoms with Crippen LogP contribution in [0.3, 0.4) is 0 Å². The van der Waals surface area contributed by atoms with Crippen molar-refractivity contribution in [2.45, 2.75) is 25.0 Å². The highest BCUT2D eigenvalue weighted by atomic mass is 35.5. The lowest BCUT2D eigenvalue weighted by Gasteiger charge is -2.16. The molecule has 0 amide bonds. The number of hydrogen-bond donors (Lipinski definition) is 0. The molecule has 0 aromatic heterocycles. The Kier molecular flexibility index (Phi) is 4.02. The van der Waals surface area contributed by atoms with Gasteiger partial charge < -0.3 is 8.92 Å². The molecule has 0 saturated heterocycles. The van der Waals surface area contributed by atoms with Gasteiger partial charge in [0, 0.05) is 16.0 Å². The fourth-order valence-corrected chi connectivity index (χ4v) is 3.69. The number of ether oxygens (including phenoxy) is 1. The van der Waals surface area contributed by atoms with E-state index in [1.807, 2.05) is 13.8 Å². The van der Waals surface area contributed by atoms with E-state index >= 15 is 0 Å². The van der Waals surface area contributed by atoms with Gasteiger partial charge in [0.05, 0.1) is 6.61 Å². The lowest BCUT2D eigenvalue weighted by atomic mass is 9.87. The van der Waals surface area contributed by atoms with E-state index in [1.165, 1.54) is 0 Å². The van der Waals surface area contributed by atoms with Crippen LogP contribution in [0.2, 0.25) is 5.02 Å². The van der Waals surface area contributed by atoms with Crippen molar-refractivity contribution in [3.63, 3.8) is 0 Å². The van der Waals surface area contributed by atoms with Crippen molar-refractivity contribution in [2.24, 2.45) is 0 Å². The molecule has 1 aliphatic heterocycles. The third-order valence-corrected chi connectivity index (χ3v) is 5.13. The molecule has 0 bridgehead atoms. The Bertz CT molecular complexity index is 826. The summed E-state index contributed by atoms with van der Waals surface area (Å²) in [4.78, 5) is 0. The van der Waals surface area contributed by atoms with E-state index in [4.69, 9.17) is 20.5 Å². The molecular formula is C17H17ClO4S. The van der Waals surface area contributed by atoms with Crippen LogP contribution in [0.1, 0.15) is 25.0 Å². The summed E-state index contributed by atoms with van der Waals surface area (Å²) in [6.45, 7) is 4.67. The van der Waals surface area contributed by atoms with Crippen LogP contribution in [0.15, 0.2) is 42.5 Å². The highest BCUT2D eigenvalue weighted by Crippen LogP contribution is 2.40. The van der Waals surface area contributed by atoms with E-state index in [1.54, 1.807) is 42.5 Å². The first-order valence-corrected chi connectivity index (χ1v) is 9.15. The molecule has 0 saturated carbocycles. The fourth-order valence-electron chi connectivity index (χ4n) is 2.51. The quantitative estimate of drug-likeness (QED) is 0.782. The van der Waals surface area contributed by atoms with Crippen LogP contribution in [-0.4, -0.2) is 15.0 Å². The van der Waals surface area contributed by atoms with Crippen LogP contribution in [0.4, 0.5) is 0 Å². The minimum absolute atomic E-state index is 0.158. The number of halogens is 1. The molecule has 1 heterocycles. The Morgan fingerprint density at radius 2 is 1.87 bits per heavy atom. The molecule has 0 N–H and O–H groups in total. The monoisotopic (exact) mass is 352 g/mol. The third-order valence-electron chi connectivity index (χ3n) is 3.75. The smallest absolute Gasteiger partial charge is 0.313 e. The molecule has 2 aromatic rings. The summed E-state index contributed by atoms with van der Waals surface area (Å²) in [5.41, 5.74) is 1.42. The van der Waals surface area contributed by atoms with Crippen LogP contribution in [0.5, 0.6) is 11.5 Å². The van der Waals surface area contributed by atoms with Gasteiger partial charge in [0.15, 0.2) is 0 Å². The molecule has 0 radical (unpaired) electrons. The van der Waals surface area contributed by atoms with Crippen molar-refractivity contribution in [3.8, 4) is 11.5 Å². The summed E-state index contributed by atoms with van der Waals surface area (Å²) in [6.07, 6.45) is 0. The van der Waals surface area contributed by atoms with Crippen LogP contribution in [-0.2, 0) is 21.3 Å². The molecule has 122 valence electrons. The predicted octanol–water partition coefficient (Wildman–Crippen LogP) is 3.92. The highest BCUT2D eigenvalue weighted by Gasteiger charge is 2.32. The zero-order valence-electron chi connectivity index (χ0n) is 12.9. The van der Waals surface area contributed by atoms with E-state index in [0.29, 0.717) is 22.9 Å². The van der Waals surface area contributed by atoms with E-state index in [9.17, 15) is 8.42 Å². The van der Waals surface area contributed by atoms with Gasteiger partial charge in [-0.3, -0.25) is 0 Å². The molecule has 0 spiro atoms. The van der Waals surface area contributed by atoms with E-state index < -0.39 is 10.1 Å². The summed E-state index contributed by atoms with van der Waals surface area (Å²) >= 11 is 5.80. The van der Waals surface area contributed by atoms with E-state index in [0.717, 1.165) is 11.3 Å². The second-order valence-corrected chi connectivity index (χ2v) is 8.25. The van der Waals surface area contributed by atoms with Gasteiger partial charge in [-0.15, -0.1) is 0 Å². The molecule has 4 nitrogen and oxygen atoms in total. The molecule has 3 rings (SSSR count). The Morgan fingerprint density at radius 1 is 1.17 bits per heavy atom. The maximum atomic E-state index is 12.2.